The number of aldehydes is 1. The van der Waals surface area contributed by atoms with E-state index in [0.29, 0.717) is 10.2 Å². The third-order valence-corrected chi connectivity index (χ3v) is 2.55. The minimum absolute atomic E-state index is 0.450. The number of aromatic nitrogens is 1. The lowest BCUT2D eigenvalue weighted by molar-refractivity contribution is 0.112. The lowest BCUT2D eigenvalue weighted by Crippen LogP contribution is -1.89. The zero-order valence-corrected chi connectivity index (χ0v) is 8.93. The van der Waals surface area contributed by atoms with Gasteiger partial charge in [-0.1, -0.05) is 12.2 Å². The predicted octanol–water partition coefficient (Wildman–Crippen LogP) is 2.72. The molecule has 1 aromatic heterocycles. The van der Waals surface area contributed by atoms with Gasteiger partial charge in [0.15, 0.2) is 6.29 Å². The SMILES string of the molecule is COc1ccc2cc(C=O)c(=S)[nH]c2c1. The molecule has 0 amide bonds. The summed E-state index contributed by atoms with van der Waals surface area (Å²) in [4.78, 5) is 13.7. The van der Waals surface area contributed by atoms with Crippen molar-refractivity contribution < 1.29 is 9.53 Å². The highest BCUT2D eigenvalue weighted by Crippen LogP contribution is 2.19. The fourth-order valence-corrected chi connectivity index (χ4v) is 1.63. The van der Waals surface area contributed by atoms with Gasteiger partial charge in [-0.05, 0) is 23.6 Å². The normalized spacial score (nSPS) is 10.2. The Labute approximate surface area is 91.7 Å². The van der Waals surface area contributed by atoms with E-state index in [0.717, 1.165) is 22.9 Å². The summed E-state index contributed by atoms with van der Waals surface area (Å²) in [5.41, 5.74) is 1.37. The van der Waals surface area contributed by atoms with Gasteiger partial charge in [0.2, 0.25) is 0 Å². The van der Waals surface area contributed by atoms with Gasteiger partial charge in [0.1, 0.15) is 10.4 Å². The van der Waals surface area contributed by atoms with Gasteiger partial charge in [0.25, 0.3) is 0 Å². The molecule has 3 nitrogen and oxygen atoms in total. The van der Waals surface area contributed by atoms with Crippen molar-refractivity contribution in [1.29, 1.82) is 0 Å². The first kappa shape index (κ1) is 9.86. The maximum atomic E-state index is 10.7. The first-order valence-corrected chi connectivity index (χ1v) is 4.81. The average molecular weight is 219 g/mol. The summed E-state index contributed by atoms with van der Waals surface area (Å²) in [6.45, 7) is 0. The number of carbonyl (C=O) groups is 1. The third kappa shape index (κ3) is 1.76. The molecule has 1 aromatic carbocycles. The van der Waals surface area contributed by atoms with E-state index >= 15 is 0 Å². The molecule has 1 heterocycles. The van der Waals surface area contributed by atoms with Crippen LogP contribution in [-0.2, 0) is 0 Å². The molecule has 76 valence electrons. The summed E-state index contributed by atoms with van der Waals surface area (Å²) in [5.74, 6) is 0.756. The summed E-state index contributed by atoms with van der Waals surface area (Å²) >= 11 is 5.03. The lowest BCUT2D eigenvalue weighted by Gasteiger charge is -2.03. The summed E-state index contributed by atoms with van der Waals surface area (Å²) < 4.78 is 5.54. The highest BCUT2D eigenvalue weighted by molar-refractivity contribution is 7.71. The number of methoxy groups -OCH3 is 1. The maximum Gasteiger partial charge on any atom is 0.153 e. The number of fused-ring (bicyclic) bond motifs is 1. The van der Waals surface area contributed by atoms with E-state index in [1.54, 1.807) is 13.2 Å². The molecule has 0 unspecified atom stereocenters. The predicted molar refractivity (Wildman–Crippen MR) is 61.1 cm³/mol. The van der Waals surface area contributed by atoms with Crippen LogP contribution in [0.5, 0.6) is 5.75 Å². The summed E-state index contributed by atoms with van der Waals surface area (Å²) in [6.07, 6.45) is 0.752. The van der Waals surface area contributed by atoms with E-state index in [1.807, 2.05) is 18.2 Å². The molecule has 0 fully saturated rings. The first-order valence-electron chi connectivity index (χ1n) is 4.41. The number of rotatable bonds is 2. The van der Waals surface area contributed by atoms with Crippen molar-refractivity contribution in [3.8, 4) is 5.75 Å². The van der Waals surface area contributed by atoms with Crippen LogP contribution >= 0.6 is 12.2 Å². The van der Waals surface area contributed by atoms with Crippen molar-refractivity contribution in [2.45, 2.75) is 0 Å². The molecule has 4 heteroatoms. The molecular weight excluding hydrogens is 210 g/mol. The molecule has 0 radical (unpaired) electrons. The Morgan fingerprint density at radius 3 is 2.87 bits per heavy atom. The van der Waals surface area contributed by atoms with Crippen LogP contribution in [-0.4, -0.2) is 18.4 Å². The van der Waals surface area contributed by atoms with Crippen molar-refractivity contribution in [2.24, 2.45) is 0 Å². The Morgan fingerprint density at radius 2 is 2.20 bits per heavy atom. The van der Waals surface area contributed by atoms with Crippen LogP contribution in [0, 0.1) is 4.64 Å². The van der Waals surface area contributed by atoms with Gasteiger partial charge < -0.3 is 9.72 Å². The van der Waals surface area contributed by atoms with Crippen LogP contribution in [0.1, 0.15) is 10.4 Å². The molecule has 0 aliphatic heterocycles. The Morgan fingerprint density at radius 1 is 1.40 bits per heavy atom. The molecule has 0 aliphatic rings. The standard InChI is InChI=1S/C11H9NO2S/c1-14-9-3-2-7-4-8(6-13)11(15)12-10(7)5-9/h2-6H,1H3,(H,12,15). The molecule has 15 heavy (non-hydrogen) atoms. The molecule has 0 aliphatic carbocycles. The van der Waals surface area contributed by atoms with Crippen molar-refractivity contribution in [3.63, 3.8) is 0 Å². The molecule has 0 spiro atoms. The average Bonchev–Trinajstić information content (AvgIpc) is 2.27. The number of H-pyrrole nitrogens is 1. The van der Waals surface area contributed by atoms with Crippen molar-refractivity contribution in [2.75, 3.05) is 7.11 Å². The number of carbonyl (C=O) groups excluding carboxylic acids is 1. The van der Waals surface area contributed by atoms with Gasteiger partial charge in [-0.2, -0.15) is 0 Å². The summed E-state index contributed by atoms with van der Waals surface area (Å²) in [6, 6.07) is 7.33. The Balaban J connectivity index is 2.75. The molecule has 0 saturated carbocycles. The number of pyridine rings is 1. The zero-order valence-electron chi connectivity index (χ0n) is 8.11. The van der Waals surface area contributed by atoms with Crippen molar-refractivity contribution in [3.05, 3.63) is 34.5 Å². The van der Waals surface area contributed by atoms with Crippen LogP contribution in [0.25, 0.3) is 10.9 Å². The Hall–Kier alpha value is -1.68. The van der Waals surface area contributed by atoms with Crippen LogP contribution in [0.15, 0.2) is 24.3 Å². The minimum atomic E-state index is 0.450. The van der Waals surface area contributed by atoms with Crippen LogP contribution in [0.2, 0.25) is 0 Å². The topological polar surface area (TPSA) is 42.1 Å². The highest BCUT2D eigenvalue weighted by Gasteiger charge is 2.00. The number of ether oxygens (including phenoxy) is 1. The zero-order chi connectivity index (χ0) is 10.8. The van der Waals surface area contributed by atoms with E-state index in [1.165, 1.54) is 0 Å². The summed E-state index contributed by atoms with van der Waals surface area (Å²) in [7, 11) is 1.61. The fourth-order valence-electron chi connectivity index (χ4n) is 1.41. The molecular formula is C11H9NO2S. The van der Waals surface area contributed by atoms with Crippen LogP contribution in [0.4, 0.5) is 0 Å². The lowest BCUT2D eigenvalue weighted by atomic mass is 10.1. The fraction of sp³-hybridized carbons (Fsp3) is 0.0909. The summed E-state index contributed by atoms with van der Waals surface area (Å²) in [5, 5.41) is 0.937. The second kappa shape index (κ2) is 3.82. The number of benzene rings is 1. The number of hydrogen-bond donors (Lipinski definition) is 1. The minimum Gasteiger partial charge on any atom is -0.497 e. The van der Waals surface area contributed by atoms with Crippen molar-refractivity contribution >= 4 is 29.4 Å². The van der Waals surface area contributed by atoms with Gasteiger partial charge >= 0.3 is 0 Å². The van der Waals surface area contributed by atoms with Crippen LogP contribution < -0.4 is 4.74 Å². The Kier molecular flexibility index (Phi) is 2.51. The molecule has 0 saturated heterocycles. The largest absolute Gasteiger partial charge is 0.497 e. The third-order valence-electron chi connectivity index (χ3n) is 2.21. The number of aromatic amines is 1. The number of nitrogens with one attached hydrogen (secondary N) is 1. The van der Waals surface area contributed by atoms with Crippen LogP contribution in [0.3, 0.4) is 0 Å². The van der Waals surface area contributed by atoms with Gasteiger partial charge in [-0.15, -0.1) is 0 Å². The molecule has 0 atom stereocenters. The highest BCUT2D eigenvalue weighted by atomic mass is 32.1. The first-order chi connectivity index (χ1) is 7.24. The maximum absolute atomic E-state index is 10.7. The number of hydrogen-bond acceptors (Lipinski definition) is 3. The molecule has 0 bridgehead atoms. The van der Waals surface area contributed by atoms with Gasteiger partial charge in [-0.3, -0.25) is 4.79 Å². The smallest absolute Gasteiger partial charge is 0.153 e. The van der Waals surface area contributed by atoms with Gasteiger partial charge in [-0.25, -0.2) is 0 Å². The van der Waals surface area contributed by atoms with E-state index < -0.39 is 0 Å². The molecule has 1 N–H and O–H groups in total. The van der Waals surface area contributed by atoms with Gasteiger partial charge in [0, 0.05) is 11.6 Å². The molecule has 2 aromatic rings. The van der Waals surface area contributed by atoms with Gasteiger partial charge in [0.05, 0.1) is 12.6 Å². The van der Waals surface area contributed by atoms with E-state index in [4.69, 9.17) is 17.0 Å². The van der Waals surface area contributed by atoms with E-state index in [9.17, 15) is 4.79 Å². The van der Waals surface area contributed by atoms with E-state index in [2.05, 4.69) is 4.98 Å². The second-order valence-corrected chi connectivity index (χ2v) is 3.53. The monoisotopic (exact) mass is 219 g/mol. The second-order valence-electron chi connectivity index (χ2n) is 3.12. The quantitative estimate of drug-likeness (QED) is 0.623. The Bertz CT molecular complexity index is 574. The van der Waals surface area contributed by atoms with Crippen molar-refractivity contribution in [1.82, 2.24) is 4.98 Å². The molecule has 2 rings (SSSR count). The van der Waals surface area contributed by atoms with E-state index in [-0.39, 0.29) is 0 Å².